The second kappa shape index (κ2) is 8.45. The monoisotopic (exact) mass is 214 g/mol. The number of esters is 1. The summed E-state index contributed by atoms with van der Waals surface area (Å²) in [5.74, 6) is -0.978. The van der Waals surface area contributed by atoms with E-state index in [-0.39, 0.29) is 5.78 Å². The van der Waals surface area contributed by atoms with E-state index in [2.05, 4.69) is 6.92 Å². The Kier molecular flexibility index (Phi) is 7.96. The predicted octanol–water partition coefficient (Wildman–Crippen LogP) is 2.73. The molecule has 88 valence electrons. The molecule has 0 rings (SSSR count). The highest BCUT2D eigenvalue weighted by molar-refractivity contribution is 5.98. The third-order valence-electron chi connectivity index (χ3n) is 2.40. The minimum Gasteiger partial charge on any atom is -0.465 e. The molecule has 3 nitrogen and oxygen atoms in total. The van der Waals surface area contributed by atoms with Gasteiger partial charge >= 0.3 is 5.97 Å². The molecule has 0 aliphatic heterocycles. The summed E-state index contributed by atoms with van der Waals surface area (Å²) in [4.78, 5) is 22.8. The van der Waals surface area contributed by atoms with Gasteiger partial charge in [-0.2, -0.15) is 0 Å². The van der Waals surface area contributed by atoms with E-state index in [0.29, 0.717) is 13.0 Å². The zero-order valence-corrected chi connectivity index (χ0v) is 10.0. The van der Waals surface area contributed by atoms with Gasteiger partial charge in [0.1, 0.15) is 11.7 Å². The second-order valence-electron chi connectivity index (χ2n) is 3.75. The van der Waals surface area contributed by atoms with Crippen LogP contribution in [-0.4, -0.2) is 18.4 Å². The maximum absolute atomic E-state index is 11.5. The van der Waals surface area contributed by atoms with E-state index in [1.165, 1.54) is 0 Å². The Hall–Kier alpha value is -0.860. The highest BCUT2D eigenvalue weighted by atomic mass is 16.5. The largest absolute Gasteiger partial charge is 0.465 e. The summed E-state index contributed by atoms with van der Waals surface area (Å²) in [6.45, 7) is 5.84. The quantitative estimate of drug-likeness (QED) is 0.354. The van der Waals surface area contributed by atoms with Crippen molar-refractivity contribution in [1.82, 2.24) is 0 Å². The van der Waals surface area contributed by atoms with E-state index >= 15 is 0 Å². The van der Waals surface area contributed by atoms with Gasteiger partial charge < -0.3 is 4.74 Å². The summed E-state index contributed by atoms with van der Waals surface area (Å²) in [7, 11) is 0. The van der Waals surface area contributed by atoms with Gasteiger partial charge in [0, 0.05) is 6.42 Å². The SMILES string of the molecule is CCCCCCC(=O)C(C)C(=O)OCC. The number of unbranched alkanes of at least 4 members (excludes halogenated alkanes) is 3. The van der Waals surface area contributed by atoms with Gasteiger partial charge in [0.15, 0.2) is 0 Å². The van der Waals surface area contributed by atoms with Crippen molar-refractivity contribution in [3.8, 4) is 0 Å². The van der Waals surface area contributed by atoms with Crippen LogP contribution in [0.4, 0.5) is 0 Å². The normalized spacial score (nSPS) is 12.2. The zero-order valence-electron chi connectivity index (χ0n) is 10.0. The summed E-state index contributed by atoms with van der Waals surface area (Å²) >= 11 is 0. The molecule has 1 atom stereocenters. The Morgan fingerprint density at radius 2 is 1.80 bits per heavy atom. The molecule has 0 saturated carbocycles. The molecule has 0 aromatic rings. The molecular formula is C12H22O3. The van der Waals surface area contributed by atoms with Crippen molar-refractivity contribution in [2.75, 3.05) is 6.61 Å². The van der Waals surface area contributed by atoms with Crippen molar-refractivity contribution in [2.45, 2.75) is 52.9 Å². The highest BCUT2D eigenvalue weighted by Crippen LogP contribution is 2.09. The van der Waals surface area contributed by atoms with Crippen LogP contribution < -0.4 is 0 Å². The third-order valence-corrected chi connectivity index (χ3v) is 2.40. The third kappa shape index (κ3) is 6.26. The molecule has 0 aromatic heterocycles. The van der Waals surface area contributed by atoms with Crippen LogP contribution in [0.2, 0.25) is 0 Å². The lowest BCUT2D eigenvalue weighted by Crippen LogP contribution is -2.23. The molecule has 0 fully saturated rings. The van der Waals surface area contributed by atoms with E-state index in [1.807, 2.05) is 0 Å². The minimum atomic E-state index is -0.591. The molecule has 0 spiro atoms. The van der Waals surface area contributed by atoms with Gasteiger partial charge in [0.2, 0.25) is 0 Å². The van der Waals surface area contributed by atoms with Gasteiger partial charge in [-0.3, -0.25) is 9.59 Å². The van der Waals surface area contributed by atoms with Crippen LogP contribution in [0.15, 0.2) is 0 Å². The number of hydrogen-bond donors (Lipinski definition) is 0. The van der Waals surface area contributed by atoms with E-state index in [9.17, 15) is 9.59 Å². The summed E-state index contributed by atoms with van der Waals surface area (Å²) in [6, 6.07) is 0. The molecule has 0 aliphatic carbocycles. The van der Waals surface area contributed by atoms with Crippen molar-refractivity contribution >= 4 is 11.8 Å². The topological polar surface area (TPSA) is 43.4 Å². The van der Waals surface area contributed by atoms with Gasteiger partial charge in [-0.05, 0) is 20.3 Å². The molecule has 1 unspecified atom stereocenters. The summed E-state index contributed by atoms with van der Waals surface area (Å²) < 4.78 is 4.79. The number of ketones is 1. The summed E-state index contributed by atoms with van der Waals surface area (Å²) in [6.07, 6.45) is 4.76. The van der Waals surface area contributed by atoms with E-state index in [1.54, 1.807) is 13.8 Å². The molecule has 0 saturated heterocycles. The molecule has 0 bridgehead atoms. The first kappa shape index (κ1) is 14.1. The molecule has 0 radical (unpaired) electrons. The number of hydrogen-bond acceptors (Lipinski definition) is 3. The van der Waals surface area contributed by atoms with Crippen LogP contribution in [0.5, 0.6) is 0 Å². The van der Waals surface area contributed by atoms with E-state index in [4.69, 9.17) is 4.74 Å². The van der Waals surface area contributed by atoms with Crippen molar-refractivity contribution < 1.29 is 14.3 Å². The fourth-order valence-corrected chi connectivity index (χ4v) is 1.34. The second-order valence-corrected chi connectivity index (χ2v) is 3.75. The van der Waals surface area contributed by atoms with Crippen LogP contribution in [0.1, 0.15) is 52.9 Å². The summed E-state index contributed by atoms with van der Waals surface area (Å²) in [5, 5.41) is 0. The van der Waals surface area contributed by atoms with Crippen LogP contribution in [0.3, 0.4) is 0 Å². The number of carbonyl (C=O) groups is 2. The van der Waals surface area contributed by atoms with Crippen molar-refractivity contribution in [1.29, 1.82) is 0 Å². The number of Topliss-reactive ketones (excluding diaryl/α,β-unsaturated/α-hetero) is 1. The van der Waals surface area contributed by atoms with Crippen molar-refractivity contribution in [3.05, 3.63) is 0 Å². The van der Waals surface area contributed by atoms with Gasteiger partial charge in [0.05, 0.1) is 6.61 Å². The number of rotatable bonds is 8. The predicted molar refractivity (Wildman–Crippen MR) is 59.6 cm³/mol. The van der Waals surface area contributed by atoms with E-state index < -0.39 is 11.9 Å². The molecule has 0 amide bonds. The molecule has 0 heterocycles. The number of carbonyl (C=O) groups excluding carboxylic acids is 2. The molecule has 3 heteroatoms. The Morgan fingerprint density at radius 3 is 2.33 bits per heavy atom. The van der Waals surface area contributed by atoms with Crippen LogP contribution in [0.25, 0.3) is 0 Å². The first-order valence-corrected chi connectivity index (χ1v) is 5.82. The van der Waals surface area contributed by atoms with Crippen LogP contribution in [-0.2, 0) is 14.3 Å². The smallest absolute Gasteiger partial charge is 0.316 e. The fourth-order valence-electron chi connectivity index (χ4n) is 1.34. The maximum Gasteiger partial charge on any atom is 0.316 e. The molecular weight excluding hydrogens is 192 g/mol. The first-order chi connectivity index (χ1) is 7.13. The Bertz CT molecular complexity index is 199. The zero-order chi connectivity index (χ0) is 11.7. The highest BCUT2D eigenvalue weighted by Gasteiger charge is 2.21. The Morgan fingerprint density at radius 1 is 1.13 bits per heavy atom. The lowest BCUT2D eigenvalue weighted by molar-refractivity contribution is -0.150. The van der Waals surface area contributed by atoms with Crippen molar-refractivity contribution in [2.24, 2.45) is 5.92 Å². The minimum absolute atomic E-state index is 0.00422. The maximum atomic E-state index is 11.5. The van der Waals surface area contributed by atoms with E-state index in [0.717, 1.165) is 25.7 Å². The van der Waals surface area contributed by atoms with Gasteiger partial charge in [-0.15, -0.1) is 0 Å². The Balaban J connectivity index is 3.73. The first-order valence-electron chi connectivity index (χ1n) is 5.82. The van der Waals surface area contributed by atoms with Crippen LogP contribution >= 0.6 is 0 Å². The lowest BCUT2D eigenvalue weighted by atomic mass is 10.0. The number of ether oxygens (including phenoxy) is 1. The van der Waals surface area contributed by atoms with Gasteiger partial charge in [-0.25, -0.2) is 0 Å². The van der Waals surface area contributed by atoms with Crippen LogP contribution in [0, 0.1) is 5.92 Å². The Labute approximate surface area is 92.2 Å². The van der Waals surface area contributed by atoms with Gasteiger partial charge in [0.25, 0.3) is 0 Å². The molecule has 0 N–H and O–H groups in total. The standard InChI is InChI=1S/C12H22O3/c1-4-6-7-8-9-11(13)10(3)12(14)15-5-2/h10H,4-9H2,1-3H3. The lowest BCUT2D eigenvalue weighted by Gasteiger charge is -2.08. The van der Waals surface area contributed by atoms with Crippen molar-refractivity contribution in [3.63, 3.8) is 0 Å². The van der Waals surface area contributed by atoms with Gasteiger partial charge in [-0.1, -0.05) is 26.2 Å². The molecule has 0 aromatic carbocycles. The fraction of sp³-hybridized carbons (Fsp3) is 0.833. The summed E-state index contributed by atoms with van der Waals surface area (Å²) in [5.41, 5.74) is 0. The molecule has 0 aliphatic rings. The average Bonchev–Trinajstić information content (AvgIpc) is 2.23. The average molecular weight is 214 g/mol. The molecule has 15 heavy (non-hydrogen) atoms.